The van der Waals surface area contributed by atoms with Gasteiger partial charge in [-0.05, 0) is 12.1 Å². The summed E-state index contributed by atoms with van der Waals surface area (Å²) in [5.74, 6) is -0.0997. The summed E-state index contributed by atoms with van der Waals surface area (Å²) >= 11 is 0. The molecule has 0 saturated carbocycles. The van der Waals surface area contributed by atoms with E-state index in [-0.39, 0.29) is 23.7 Å². The molecule has 0 aliphatic carbocycles. The van der Waals surface area contributed by atoms with Crippen molar-refractivity contribution in [3.05, 3.63) is 48.3 Å². The second kappa shape index (κ2) is 7.08. The van der Waals surface area contributed by atoms with Gasteiger partial charge in [0.25, 0.3) is 5.91 Å². The molecule has 1 aromatic carbocycles. The Labute approximate surface area is 139 Å². The zero-order valence-corrected chi connectivity index (χ0v) is 13.3. The number of anilines is 1. The minimum atomic E-state index is -0.261. The highest BCUT2D eigenvalue weighted by molar-refractivity contribution is 5.96. The first-order chi connectivity index (χ1) is 11.7. The maximum absolute atomic E-state index is 12.1. The van der Waals surface area contributed by atoms with Crippen LogP contribution in [0.1, 0.15) is 16.8 Å². The Hall–Kier alpha value is -2.96. The van der Waals surface area contributed by atoms with Crippen LogP contribution in [0.5, 0.6) is 6.01 Å². The van der Waals surface area contributed by atoms with Gasteiger partial charge < -0.3 is 15.0 Å². The van der Waals surface area contributed by atoms with E-state index in [1.54, 1.807) is 4.90 Å². The van der Waals surface area contributed by atoms with Gasteiger partial charge in [-0.1, -0.05) is 18.2 Å². The molecule has 7 heteroatoms. The normalized spacial score (nSPS) is 17.0. The highest BCUT2D eigenvalue weighted by Crippen LogP contribution is 2.24. The van der Waals surface area contributed by atoms with Crippen molar-refractivity contribution in [3.8, 4) is 6.01 Å². The van der Waals surface area contributed by atoms with Gasteiger partial charge >= 0.3 is 6.01 Å². The summed E-state index contributed by atoms with van der Waals surface area (Å²) < 4.78 is 4.86. The molecule has 1 aromatic heterocycles. The third-order valence-corrected chi connectivity index (χ3v) is 3.90. The monoisotopic (exact) mass is 326 g/mol. The lowest BCUT2D eigenvalue weighted by atomic mass is 10.1. The van der Waals surface area contributed by atoms with Crippen molar-refractivity contribution in [3.63, 3.8) is 0 Å². The molecule has 3 rings (SSSR count). The predicted octanol–water partition coefficient (Wildman–Crippen LogP) is 1.27. The van der Waals surface area contributed by atoms with Crippen LogP contribution in [0.3, 0.4) is 0 Å². The minimum absolute atomic E-state index is 0.0771. The van der Waals surface area contributed by atoms with Crippen molar-refractivity contribution in [2.24, 2.45) is 5.92 Å². The fourth-order valence-electron chi connectivity index (χ4n) is 2.65. The second-order valence-corrected chi connectivity index (χ2v) is 5.58. The molecule has 0 spiro atoms. The number of ether oxygens (including phenoxy) is 1. The SMILES string of the molecule is COc1ncc(C(=O)NCC2CC(=O)N(c3ccccc3)C2)cn1. The van der Waals surface area contributed by atoms with E-state index in [1.807, 2.05) is 30.3 Å². The standard InChI is InChI=1S/C17H18N4O3/c1-24-17-19-9-13(10-20-17)16(23)18-8-12-7-15(22)21(11-12)14-5-3-2-4-6-14/h2-6,9-10,12H,7-8,11H2,1H3,(H,18,23). The molecule has 7 nitrogen and oxygen atoms in total. The molecule has 0 radical (unpaired) electrons. The number of carbonyl (C=O) groups is 2. The van der Waals surface area contributed by atoms with Crippen molar-refractivity contribution in [2.45, 2.75) is 6.42 Å². The summed E-state index contributed by atoms with van der Waals surface area (Å²) in [5.41, 5.74) is 1.25. The van der Waals surface area contributed by atoms with Gasteiger partial charge in [-0.3, -0.25) is 9.59 Å². The van der Waals surface area contributed by atoms with E-state index in [9.17, 15) is 9.59 Å². The number of carbonyl (C=O) groups excluding carboxylic acids is 2. The van der Waals surface area contributed by atoms with Crippen molar-refractivity contribution in [1.29, 1.82) is 0 Å². The second-order valence-electron chi connectivity index (χ2n) is 5.58. The van der Waals surface area contributed by atoms with E-state index in [0.29, 0.717) is 25.1 Å². The molecule has 1 N–H and O–H groups in total. The Morgan fingerprint density at radius 3 is 2.67 bits per heavy atom. The average Bonchev–Trinajstić information content (AvgIpc) is 3.01. The highest BCUT2D eigenvalue weighted by atomic mass is 16.5. The molecule has 2 heterocycles. The number of methoxy groups -OCH3 is 1. The first-order valence-corrected chi connectivity index (χ1v) is 7.67. The summed E-state index contributed by atoms with van der Waals surface area (Å²) in [6.45, 7) is 1.03. The Kier molecular flexibility index (Phi) is 4.69. The van der Waals surface area contributed by atoms with E-state index in [4.69, 9.17) is 4.74 Å². The molecular formula is C17H18N4O3. The first kappa shape index (κ1) is 15.9. The van der Waals surface area contributed by atoms with Crippen LogP contribution < -0.4 is 15.0 Å². The fraction of sp³-hybridized carbons (Fsp3) is 0.294. The molecule has 124 valence electrons. The number of benzene rings is 1. The molecule has 2 aromatic rings. The minimum Gasteiger partial charge on any atom is -0.467 e. The molecule has 1 fully saturated rings. The summed E-state index contributed by atoms with van der Waals surface area (Å²) in [5, 5.41) is 2.83. The molecule has 24 heavy (non-hydrogen) atoms. The van der Waals surface area contributed by atoms with Gasteiger partial charge in [0.1, 0.15) is 0 Å². The van der Waals surface area contributed by atoms with Gasteiger partial charge in [0.15, 0.2) is 0 Å². The van der Waals surface area contributed by atoms with Gasteiger partial charge in [-0.25, -0.2) is 9.97 Å². The highest BCUT2D eigenvalue weighted by Gasteiger charge is 2.30. The van der Waals surface area contributed by atoms with Crippen molar-refractivity contribution in [1.82, 2.24) is 15.3 Å². The van der Waals surface area contributed by atoms with Crippen LogP contribution >= 0.6 is 0 Å². The fourth-order valence-corrected chi connectivity index (χ4v) is 2.65. The summed E-state index contributed by atoms with van der Waals surface area (Å²) in [6.07, 6.45) is 3.25. The molecule has 1 saturated heterocycles. The Morgan fingerprint density at radius 2 is 2.00 bits per heavy atom. The molecule has 0 bridgehead atoms. The van der Waals surface area contributed by atoms with Gasteiger partial charge in [0.05, 0.1) is 12.7 Å². The quantitative estimate of drug-likeness (QED) is 0.894. The van der Waals surface area contributed by atoms with Crippen LogP contribution in [-0.4, -0.2) is 42.0 Å². The topological polar surface area (TPSA) is 84.4 Å². The first-order valence-electron chi connectivity index (χ1n) is 7.67. The smallest absolute Gasteiger partial charge is 0.316 e. The molecule has 1 atom stereocenters. The number of hydrogen-bond acceptors (Lipinski definition) is 5. The van der Waals surface area contributed by atoms with Crippen molar-refractivity contribution < 1.29 is 14.3 Å². The van der Waals surface area contributed by atoms with Crippen molar-refractivity contribution >= 4 is 17.5 Å². The predicted molar refractivity (Wildman–Crippen MR) is 87.8 cm³/mol. The number of hydrogen-bond donors (Lipinski definition) is 1. The Balaban J connectivity index is 1.55. The molecule has 1 unspecified atom stereocenters. The van der Waals surface area contributed by atoms with Gasteiger partial charge in [0, 0.05) is 43.5 Å². The van der Waals surface area contributed by atoms with E-state index in [0.717, 1.165) is 5.69 Å². The van der Waals surface area contributed by atoms with E-state index in [2.05, 4.69) is 15.3 Å². The summed E-state index contributed by atoms with van der Waals surface area (Å²) in [6, 6.07) is 9.76. The zero-order chi connectivity index (χ0) is 16.9. The van der Waals surface area contributed by atoms with Crippen LogP contribution in [-0.2, 0) is 4.79 Å². The number of nitrogens with zero attached hydrogens (tertiary/aromatic N) is 3. The number of rotatable bonds is 5. The largest absolute Gasteiger partial charge is 0.467 e. The van der Waals surface area contributed by atoms with Gasteiger partial charge in [0.2, 0.25) is 5.91 Å². The number of para-hydroxylation sites is 1. The number of nitrogens with one attached hydrogen (secondary N) is 1. The van der Waals surface area contributed by atoms with Gasteiger partial charge in [-0.15, -0.1) is 0 Å². The van der Waals surface area contributed by atoms with E-state index in [1.165, 1.54) is 19.5 Å². The number of amides is 2. The molecule has 1 aliphatic heterocycles. The van der Waals surface area contributed by atoms with Crippen molar-refractivity contribution in [2.75, 3.05) is 25.1 Å². The van der Waals surface area contributed by atoms with Crippen LogP contribution in [0.2, 0.25) is 0 Å². The number of aromatic nitrogens is 2. The Morgan fingerprint density at radius 1 is 1.29 bits per heavy atom. The van der Waals surface area contributed by atoms with Crippen LogP contribution in [0.25, 0.3) is 0 Å². The summed E-state index contributed by atoms with van der Waals surface area (Å²) in [4.78, 5) is 33.8. The van der Waals surface area contributed by atoms with Gasteiger partial charge in [-0.2, -0.15) is 0 Å². The van der Waals surface area contributed by atoms with Crippen LogP contribution in [0.4, 0.5) is 5.69 Å². The van der Waals surface area contributed by atoms with E-state index < -0.39 is 0 Å². The van der Waals surface area contributed by atoms with E-state index >= 15 is 0 Å². The van der Waals surface area contributed by atoms with Crippen LogP contribution in [0.15, 0.2) is 42.7 Å². The summed E-state index contributed by atoms with van der Waals surface area (Å²) in [7, 11) is 1.46. The lowest BCUT2D eigenvalue weighted by Gasteiger charge is -2.16. The molecule has 2 amide bonds. The zero-order valence-electron chi connectivity index (χ0n) is 13.3. The lowest BCUT2D eigenvalue weighted by Crippen LogP contribution is -2.31. The lowest BCUT2D eigenvalue weighted by molar-refractivity contribution is -0.117. The maximum Gasteiger partial charge on any atom is 0.316 e. The molecule has 1 aliphatic rings. The third kappa shape index (κ3) is 3.51. The van der Waals surface area contributed by atoms with Crippen LogP contribution in [0, 0.1) is 5.92 Å². The maximum atomic E-state index is 12.1. The third-order valence-electron chi connectivity index (χ3n) is 3.90. The Bertz CT molecular complexity index is 718. The molecular weight excluding hydrogens is 308 g/mol. The average molecular weight is 326 g/mol.